The van der Waals surface area contributed by atoms with Gasteiger partial charge >= 0.3 is 5.97 Å². The first kappa shape index (κ1) is 15.3. The average Bonchev–Trinajstić information content (AvgIpc) is 2.88. The van der Waals surface area contributed by atoms with Crippen molar-refractivity contribution in [3.8, 4) is 0 Å². The van der Waals surface area contributed by atoms with E-state index in [9.17, 15) is 9.59 Å². The van der Waals surface area contributed by atoms with Crippen LogP contribution < -0.4 is 10.6 Å². The second kappa shape index (κ2) is 6.12. The van der Waals surface area contributed by atoms with E-state index in [2.05, 4.69) is 10.6 Å². The van der Waals surface area contributed by atoms with E-state index in [4.69, 9.17) is 5.11 Å². The van der Waals surface area contributed by atoms with E-state index in [-0.39, 0.29) is 17.9 Å². The lowest BCUT2D eigenvalue weighted by atomic mass is 9.74. The van der Waals surface area contributed by atoms with Crippen molar-refractivity contribution in [3.05, 3.63) is 0 Å². The molecule has 2 aliphatic rings. The third-order valence-corrected chi connectivity index (χ3v) is 5.02. The van der Waals surface area contributed by atoms with Gasteiger partial charge in [0.25, 0.3) is 0 Å². The summed E-state index contributed by atoms with van der Waals surface area (Å²) < 4.78 is 0. The molecule has 0 aromatic carbocycles. The first-order valence-electron chi connectivity index (χ1n) is 7.65. The quantitative estimate of drug-likeness (QED) is 0.728. The fourth-order valence-electron chi connectivity index (χ4n) is 3.36. The van der Waals surface area contributed by atoms with Crippen molar-refractivity contribution in [1.29, 1.82) is 0 Å². The molecular weight excluding hydrogens is 256 g/mol. The molecule has 1 heterocycles. The molecule has 5 nitrogen and oxygen atoms in total. The lowest BCUT2D eigenvalue weighted by Gasteiger charge is -2.36. The van der Waals surface area contributed by atoms with Crippen molar-refractivity contribution in [1.82, 2.24) is 10.6 Å². The Morgan fingerprint density at radius 1 is 1.25 bits per heavy atom. The van der Waals surface area contributed by atoms with E-state index in [1.807, 2.05) is 13.8 Å². The molecule has 0 spiro atoms. The SMILES string of the molecule is CC(C)(C(=O)N[C@H]1CC[C@@H](C(=O)O)C1)C1CCCNC1. The van der Waals surface area contributed by atoms with Crippen LogP contribution in [-0.2, 0) is 9.59 Å². The molecule has 20 heavy (non-hydrogen) atoms. The highest BCUT2D eigenvalue weighted by Gasteiger charge is 2.39. The number of aliphatic carboxylic acids is 1. The number of nitrogens with one attached hydrogen (secondary N) is 2. The lowest BCUT2D eigenvalue weighted by molar-refractivity contribution is -0.141. The molecule has 2 fully saturated rings. The van der Waals surface area contributed by atoms with Gasteiger partial charge in [-0.25, -0.2) is 0 Å². The van der Waals surface area contributed by atoms with E-state index in [0.717, 1.165) is 32.4 Å². The van der Waals surface area contributed by atoms with Crippen molar-refractivity contribution in [3.63, 3.8) is 0 Å². The zero-order chi connectivity index (χ0) is 14.8. The predicted molar refractivity (Wildman–Crippen MR) is 76.3 cm³/mol. The maximum atomic E-state index is 12.5. The van der Waals surface area contributed by atoms with E-state index in [0.29, 0.717) is 18.8 Å². The summed E-state index contributed by atoms with van der Waals surface area (Å²) in [7, 11) is 0. The molecule has 114 valence electrons. The third-order valence-electron chi connectivity index (χ3n) is 5.02. The first-order valence-corrected chi connectivity index (χ1v) is 7.65. The summed E-state index contributed by atoms with van der Waals surface area (Å²) in [4.78, 5) is 23.5. The third kappa shape index (κ3) is 3.32. The van der Waals surface area contributed by atoms with Gasteiger partial charge in [-0.15, -0.1) is 0 Å². The molecule has 1 unspecified atom stereocenters. The molecule has 0 bridgehead atoms. The van der Waals surface area contributed by atoms with E-state index in [1.54, 1.807) is 0 Å². The minimum Gasteiger partial charge on any atom is -0.481 e. The summed E-state index contributed by atoms with van der Waals surface area (Å²) in [6.45, 7) is 5.94. The molecule has 0 radical (unpaired) electrons. The number of amides is 1. The summed E-state index contributed by atoms with van der Waals surface area (Å²) in [5.41, 5.74) is -0.394. The topological polar surface area (TPSA) is 78.4 Å². The second-order valence-corrected chi connectivity index (χ2v) is 6.78. The largest absolute Gasteiger partial charge is 0.481 e. The number of carboxylic acid groups (broad SMARTS) is 1. The van der Waals surface area contributed by atoms with E-state index in [1.165, 1.54) is 0 Å². The van der Waals surface area contributed by atoms with E-state index < -0.39 is 11.4 Å². The van der Waals surface area contributed by atoms with Gasteiger partial charge in [0.05, 0.1) is 5.92 Å². The summed E-state index contributed by atoms with van der Waals surface area (Å²) in [5.74, 6) is -0.604. The number of carbonyl (C=O) groups excluding carboxylic acids is 1. The van der Waals surface area contributed by atoms with Gasteiger partial charge in [0.2, 0.25) is 5.91 Å². The number of piperidine rings is 1. The molecule has 1 amide bonds. The number of rotatable bonds is 4. The van der Waals surface area contributed by atoms with Crippen LogP contribution >= 0.6 is 0 Å². The second-order valence-electron chi connectivity index (χ2n) is 6.78. The zero-order valence-electron chi connectivity index (χ0n) is 12.4. The fraction of sp³-hybridized carbons (Fsp3) is 0.867. The van der Waals surface area contributed by atoms with Gasteiger partial charge in [-0.3, -0.25) is 9.59 Å². The highest BCUT2D eigenvalue weighted by Crippen LogP contribution is 2.33. The van der Waals surface area contributed by atoms with Gasteiger partial charge in [0, 0.05) is 11.5 Å². The molecule has 0 aromatic rings. The molecule has 3 atom stereocenters. The van der Waals surface area contributed by atoms with Crippen molar-refractivity contribution >= 4 is 11.9 Å². The molecule has 1 aliphatic carbocycles. The number of carbonyl (C=O) groups is 2. The van der Waals surface area contributed by atoms with Crippen LogP contribution in [0.5, 0.6) is 0 Å². The Kier molecular flexibility index (Phi) is 4.68. The smallest absolute Gasteiger partial charge is 0.306 e. The van der Waals surface area contributed by atoms with Crippen LogP contribution in [0.15, 0.2) is 0 Å². The fourth-order valence-corrected chi connectivity index (χ4v) is 3.36. The van der Waals surface area contributed by atoms with Crippen LogP contribution in [0.2, 0.25) is 0 Å². The maximum Gasteiger partial charge on any atom is 0.306 e. The van der Waals surface area contributed by atoms with Gasteiger partial charge < -0.3 is 15.7 Å². The van der Waals surface area contributed by atoms with Crippen molar-refractivity contribution in [2.24, 2.45) is 17.3 Å². The Morgan fingerprint density at radius 3 is 2.55 bits per heavy atom. The van der Waals surface area contributed by atoms with Gasteiger partial charge in [0.15, 0.2) is 0 Å². The van der Waals surface area contributed by atoms with Crippen molar-refractivity contribution in [2.75, 3.05) is 13.1 Å². The average molecular weight is 282 g/mol. The number of hydrogen-bond donors (Lipinski definition) is 3. The highest BCUT2D eigenvalue weighted by molar-refractivity contribution is 5.82. The van der Waals surface area contributed by atoms with Crippen LogP contribution in [0.25, 0.3) is 0 Å². The maximum absolute atomic E-state index is 12.5. The van der Waals surface area contributed by atoms with Crippen molar-refractivity contribution in [2.45, 2.75) is 52.0 Å². The van der Waals surface area contributed by atoms with Crippen LogP contribution in [0.1, 0.15) is 46.0 Å². The molecular formula is C15H26N2O3. The summed E-state index contributed by atoms with van der Waals surface area (Å²) >= 11 is 0. The normalized spacial score (nSPS) is 31.0. The van der Waals surface area contributed by atoms with Crippen LogP contribution in [-0.4, -0.2) is 36.1 Å². The van der Waals surface area contributed by atoms with Crippen LogP contribution in [0, 0.1) is 17.3 Å². The molecule has 1 aliphatic heterocycles. The molecule has 2 rings (SSSR count). The first-order chi connectivity index (χ1) is 9.41. The summed E-state index contributed by atoms with van der Waals surface area (Å²) in [6, 6.07) is 0.0272. The van der Waals surface area contributed by atoms with Gasteiger partial charge in [-0.1, -0.05) is 13.8 Å². The number of carboxylic acids is 1. The number of hydrogen-bond acceptors (Lipinski definition) is 3. The Bertz CT molecular complexity index is 375. The Hall–Kier alpha value is -1.10. The molecule has 5 heteroatoms. The molecule has 1 saturated carbocycles. The Balaban J connectivity index is 1.89. The summed E-state index contributed by atoms with van der Waals surface area (Å²) in [6.07, 6.45) is 4.22. The monoisotopic (exact) mass is 282 g/mol. The van der Waals surface area contributed by atoms with Gasteiger partial charge in [-0.05, 0) is 51.1 Å². The minimum atomic E-state index is -0.738. The molecule has 3 N–H and O–H groups in total. The zero-order valence-corrected chi connectivity index (χ0v) is 12.4. The van der Waals surface area contributed by atoms with Crippen molar-refractivity contribution < 1.29 is 14.7 Å². The Morgan fingerprint density at radius 2 is 2.00 bits per heavy atom. The van der Waals surface area contributed by atoms with Gasteiger partial charge in [0.1, 0.15) is 0 Å². The standard InChI is InChI=1S/C15H26N2O3/c1-15(2,11-4-3-7-16-9-11)14(20)17-12-6-5-10(8-12)13(18)19/h10-12,16H,3-9H2,1-2H3,(H,17,20)(H,18,19)/t10-,11?,12+/m1/s1. The Labute approximate surface area is 120 Å². The lowest BCUT2D eigenvalue weighted by Crippen LogP contribution is -2.49. The predicted octanol–water partition coefficient (Wildman–Crippen LogP) is 1.38. The van der Waals surface area contributed by atoms with E-state index >= 15 is 0 Å². The molecule has 0 aromatic heterocycles. The summed E-state index contributed by atoms with van der Waals surface area (Å²) in [5, 5.41) is 15.4. The van der Waals surface area contributed by atoms with Crippen LogP contribution in [0.4, 0.5) is 0 Å². The highest BCUT2D eigenvalue weighted by atomic mass is 16.4. The molecule has 1 saturated heterocycles. The minimum absolute atomic E-state index is 0.0272. The van der Waals surface area contributed by atoms with Crippen LogP contribution in [0.3, 0.4) is 0 Å². The van der Waals surface area contributed by atoms with Gasteiger partial charge in [-0.2, -0.15) is 0 Å².